The van der Waals surface area contributed by atoms with Crippen LogP contribution in [0.3, 0.4) is 0 Å². The minimum atomic E-state index is -4.34. The number of anilines is 1. The first kappa shape index (κ1) is 23.0. The number of rotatable bonds is 8. The molecule has 4 aromatic rings. The van der Waals surface area contributed by atoms with E-state index in [2.05, 4.69) is 41.0 Å². The molecule has 4 rings (SSSR count). The molecule has 10 nitrogen and oxygen atoms in total. The number of H-pyrrole nitrogens is 1. The van der Waals surface area contributed by atoms with Crippen LogP contribution in [0, 0.1) is 5.82 Å². The van der Waals surface area contributed by atoms with E-state index in [9.17, 15) is 21.6 Å². The molecular weight excluding hydrogens is 477 g/mol. The van der Waals surface area contributed by atoms with Crippen LogP contribution in [0.25, 0.3) is 28.4 Å². The Kier molecular flexibility index (Phi) is 6.06. The molecule has 1 aromatic carbocycles. The molecule has 14 heteroatoms. The summed E-state index contributed by atoms with van der Waals surface area (Å²) in [6.07, 6.45) is 5.07. The van der Waals surface area contributed by atoms with Gasteiger partial charge in [-0.2, -0.15) is 13.8 Å². The highest BCUT2D eigenvalue weighted by Crippen LogP contribution is 2.34. The maximum atomic E-state index is 14.6. The smallest absolute Gasteiger partial charge is 0.387 e. The average Bonchev–Trinajstić information content (AvgIpc) is 3.24. The van der Waals surface area contributed by atoms with Gasteiger partial charge in [0.05, 0.1) is 18.2 Å². The average molecular weight is 492 g/mol. The number of hydrogen-bond donors (Lipinski definition) is 2. The summed E-state index contributed by atoms with van der Waals surface area (Å²) in [4.78, 5) is 18.2. The quantitative estimate of drug-likeness (QED) is 0.381. The van der Waals surface area contributed by atoms with Crippen LogP contribution in [-0.2, 0) is 10.0 Å². The molecule has 0 aliphatic heterocycles. The van der Waals surface area contributed by atoms with Gasteiger partial charge >= 0.3 is 6.61 Å². The maximum absolute atomic E-state index is 14.6. The van der Waals surface area contributed by atoms with Crippen molar-refractivity contribution in [2.45, 2.75) is 11.5 Å². The highest BCUT2D eigenvalue weighted by Gasteiger charge is 2.26. The van der Waals surface area contributed by atoms with Crippen molar-refractivity contribution in [1.29, 1.82) is 0 Å². The van der Waals surface area contributed by atoms with Crippen molar-refractivity contribution in [3.05, 3.63) is 54.9 Å². The SMILES string of the molecule is C=Cc1nc(NS(=O)(=O)c2c[nH]c3c(-c4ncccn4)c(F)ccc23)nc(OC)c1OC(F)F. The van der Waals surface area contributed by atoms with Crippen LogP contribution in [-0.4, -0.2) is 47.1 Å². The van der Waals surface area contributed by atoms with Gasteiger partial charge in [0.25, 0.3) is 15.9 Å². The van der Waals surface area contributed by atoms with Crippen LogP contribution in [0.2, 0.25) is 0 Å². The minimum absolute atomic E-state index is 0.0140. The summed E-state index contributed by atoms with van der Waals surface area (Å²) in [5.41, 5.74) is -0.0909. The molecule has 0 fully saturated rings. The number of aromatic nitrogens is 5. The predicted molar refractivity (Wildman–Crippen MR) is 115 cm³/mol. The zero-order valence-corrected chi connectivity index (χ0v) is 18.1. The Bertz CT molecular complexity index is 1480. The van der Waals surface area contributed by atoms with E-state index in [0.717, 1.165) is 25.4 Å². The van der Waals surface area contributed by atoms with E-state index in [0.29, 0.717) is 0 Å². The molecule has 0 aliphatic rings. The number of fused-ring (bicyclic) bond motifs is 1. The molecular formula is C20H15F3N6O4S. The highest BCUT2D eigenvalue weighted by atomic mass is 32.2. The monoisotopic (exact) mass is 492 g/mol. The predicted octanol–water partition coefficient (Wildman–Crippen LogP) is 3.61. The van der Waals surface area contributed by atoms with Gasteiger partial charge in [0.15, 0.2) is 5.82 Å². The van der Waals surface area contributed by atoms with Crippen molar-refractivity contribution in [2.24, 2.45) is 0 Å². The maximum Gasteiger partial charge on any atom is 0.387 e. The fourth-order valence-electron chi connectivity index (χ4n) is 3.16. The third-order valence-corrected chi connectivity index (χ3v) is 5.89. The van der Waals surface area contributed by atoms with Gasteiger partial charge in [-0.15, -0.1) is 0 Å². The fourth-order valence-corrected chi connectivity index (χ4v) is 4.28. The molecule has 0 saturated heterocycles. The number of aromatic amines is 1. The molecule has 0 spiro atoms. The van der Waals surface area contributed by atoms with Crippen LogP contribution in [0.4, 0.5) is 19.1 Å². The first-order valence-electron chi connectivity index (χ1n) is 9.38. The van der Waals surface area contributed by atoms with Crippen molar-refractivity contribution in [3.8, 4) is 23.0 Å². The number of nitrogens with zero attached hydrogens (tertiary/aromatic N) is 4. The number of hydrogen-bond acceptors (Lipinski definition) is 8. The second-order valence-corrected chi connectivity index (χ2v) is 8.18. The number of halogens is 3. The molecule has 0 saturated carbocycles. The summed E-state index contributed by atoms with van der Waals surface area (Å²) in [6, 6.07) is 3.92. The lowest BCUT2D eigenvalue weighted by molar-refractivity contribution is -0.0519. The minimum Gasteiger partial charge on any atom is -0.478 e. The topological polar surface area (TPSA) is 132 Å². The summed E-state index contributed by atoms with van der Waals surface area (Å²) < 4.78 is 77.7. The Labute approximate surface area is 190 Å². The van der Waals surface area contributed by atoms with Gasteiger partial charge in [0.2, 0.25) is 11.7 Å². The van der Waals surface area contributed by atoms with E-state index in [1.54, 1.807) is 6.07 Å². The fraction of sp³-hybridized carbons (Fsp3) is 0.100. The van der Waals surface area contributed by atoms with E-state index in [-0.39, 0.29) is 32.9 Å². The van der Waals surface area contributed by atoms with Crippen LogP contribution in [0.1, 0.15) is 5.69 Å². The number of nitrogens with one attached hydrogen (secondary N) is 2. The van der Waals surface area contributed by atoms with Gasteiger partial charge < -0.3 is 14.5 Å². The van der Waals surface area contributed by atoms with E-state index in [1.807, 2.05) is 0 Å². The van der Waals surface area contributed by atoms with Gasteiger partial charge in [0.1, 0.15) is 16.4 Å². The molecule has 3 heterocycles. The van der Waals surface area contributed by atoms with E-state index < -0.39 is 40.0 Å². The Hall–Kier alpha value is -4.20. The Morgan fingerprint density at radius 1 is 1.21 bits per heavy atom. The number of ether oxygens (including phenoxy) is 2. The van der Waals surface area contributed by atoms with Crippen molar-refractivity contribution in [3.63, 3.8) is 0 Å². The molecule has 0 amide bonds. The first-order chi connectivity index (χ1) is 16.2. The Balaban J connectivity index is 1.78. The first-order valence-corrected chi connectivity index (χ1v) is 10.9. The lowest BCUT2D eigenvalue weighted by Gasteiger charge is -2.13. The summed E-state index contributed by atoms with van der Waals surface area (Å²) in [7, 11) is -3.21. The molecule has 34 heavy (non-hydrogen) atoms. The number of benzene rings is 1. The molecule has 0 unspecified atom stereocenters. The molecule has 176 valence electrons. The molecule has 0 bridgehead atoms. The molecule has 0 aliphatic carbocycles. The van der Waals surface area contributed by atoms with Crippen LogP contribution >= 0.6 is 0 Å². The zero-order chi connectivity index (χ0) is 24.5. The van der Waals surface area contributed by atoms with E-state index in [1.165, 1.54) is 18.5 Å². The summed E-state index contributed by atoms with van der Waals surface area (Å²) in [5, 5.41) is 0.143. The second kappa shape index (κ2) is 8.97. The number of alkyl halides is 2. The molecule has 2 N–H and O–H groups in total. The Morgan fingerprint density at radius 3 is 2.59 bits per heavy atom. The van der Waals surface area contributed by atoms with Gasteiger partial charge in [-0.05, 0) is 24.3 Å². The van der Waals surface area contributed by atoms with Gasteiger partial charge in [-0.3, -0.25) is 0 Å². The zero-order valence-electron chi connectivity index (χ0n) is 17.3. The molecule has 0 atom stereocenters. The lowest BCUT2D eigenvalue weighted by atomic mass is 10.1. The standard InChI is InChI=1S/C20H15F3N6O4S/c1-3-12-16(33-19(22)23)18(32-2)28-20(27-12)29-34(30,31)13-9-26-15-10(13)5-6-11(21)14(15)17-24-7-4-8-25-17/h3-9,19,26H,1H2,2H3,(H,27,28,29). The van der Waals surface area contributed by atoms with Crippen LogP contribution < -0.4 is 14.2 Å². The van der Waals surface area contributed by atoms with E-state index >= 15 is 0 Å². The number of methoxy groups -OCH3 is 1. The van der Waals surface area contributed by atoms with E-state index in [4.69, 9.17) is 4.74 Å². The molecule has 0 radical (unpaired) electrons. The summed E-state index contributed by atoms with van der Waals surface area (Å²) in [6.45, 7) is 0.248. The van der Waals surface area contributed by atoms with Crippen molar-refractivity contribution >= 4 is 33.0 Å². The normalized spacial score (nSPS) is 11.6. The largest absolute Gasteiger partial charge is 0.478 e. The number of sulfonamides is 1. The van der Waals surface area contributed by atoms with Gasteiger partial charge in [-0.1, -0.05) is 6.58 Å². The highest BCUT2D eigenvalue weighted by molar-refractivity contribution is 7.93. The van der Waals surface area contributed by atoms with Gasteiger partial charge in [0, 0.05) is 24.0 Å². The van der Waals surface area contributed by atoms with Crippen molar-refractivity contribution in [2.75, 3.05) is 11.8 Å². The third-order valence-electron chi connectivity index (χ3n) is 4.53. The van der Waals surface area contributed by atoms with Gasteiger partial charge in [-0.25, -0.2) is 32.5 Å². The lowest BCUT2D eigenvalue weighted by Crippen LogP contribution is -2.16. The second-order valence-electron chi connectivity index (χ2n) is 6.53. The van der Waals surface area contributed by atoms with Crippen LogP contribution in [0.15, 0.2) is 48.3 Å². The summed E-state index contributed by atoms with van der Waals surface area (Å²) in [5.74, 6) is -2.03. The third kappa shape index (κ3) is 4.22. The van der Waals surface area contributed by atoms with Crippen molar-refractivity contribution < 1.29 is 31.1 Å². The summed E-state index contributed by atoms with van der Waals surface area (Å²) >= 11 is 0. The Morgan fingerprint density at radius 2 is 1.94 bits per heavy atom. The van der Waals surface area contributed by atoms with Crippen LogP contribution in [0.5, 0.6) is 11.6 Å². The van der Waals surface area contributed by atoms with Crippen molar-refractivity contribution in [1.82, 2.24) is 24.9 Å². The molecule has 3 aromatic heterocycles.